The van der Waals surface area contributed by atoms with Crippen LogP contribution < -0.4 is 0 Å². The van der Waals surface area contributed by atoms with Crippen LogP contribution in [-0.2, 0) is 0 Å². The summed E-state index contributed by atoms with van der Waals surface area (Å²) in [5.74, 6) is 0. The molecule has 52 valence electrons. The number of nitrogens with zero attached hydrogens (tertiary/aromatic N) is 1. The number of nitriles is 1. The van der Waals surface area contributed by atoms with Crippen molar-refractivity contribution in [3.63, 3.8) is 0 Å². The molecule has 0 saturated carbocycles. The Morgan fingerprint density at radius 1 is 1.60 bits per heavy atom. The maximum absolute atomic E-state index is 8.52. The van der Waals surface area contributed by atoms with Gasteiger partial charge in [-0.3, -0.25) is 0 Å². The zero-order valence-electron chi connectivity index (χ0n) is 5.19. The Kier molecular flexibility index (Phi) is 2.53. The van der Waals surface area contributed by atoms with E-state index in [0.29, 0.717) is 10.6 Å². The zero-order chi connectivity index (χ0) is 7.56. The van der Waals surface area contributed by atoms with Crippen molar-refractivity contribution in [3.8, 4) is 6.07 Å². The van der Waals surface area contributed by atoms with Gasteiger partial charge in [-0.2, -0.15) is 5.26 Å². The number of allylic oxidation sites excluding steroid dienone is 4. The fourth-order valence-corrected chi connectivity index (χ4v) is 1.38. The average Bonchev–Trinajstić information content (AvgIpc) is 1.94. The molecule has 1 nitrogen and oxygen atoms in total. The maximum Gasteiger partial charge on any atom is 0.100 e. The molecule has 1 aliphatic carbocycles. The van der Waals surface area contributed by atoms with Gasteiger partial charge in [-0.1, -0.05) is 27.5 Å². The SMILES string of the molecule is N#CC1=C(Cl)CCC(Br)=C1. The second-order valence-corrected chi connectivity index (χ2v) is 3.50. The molecule has 1 aliphatic rings. The molecular weight excluding hydrogens is 213 g/mol. The van der Waals surface area contributed by atoms with E-state index < -0.39 is 0 Å². The molecule has 0 aromatic heterocycles. The second-order valence-electron chi connectivity index (χ2n) is 2.02. The lowest BCUT2D eigenvalue weighted by Crippen LogP contribution is -1.89. The van der Waals surface area contributed by atoms with Crippen molar-refractivity contribution in [3.05, 3.63) is 21.2 Å². The molecule has 3 heteroatoms. The normalized spacial score (nSPS) is 18.3. The lowest BCUT2D eigenvalue weighted by Gasteiger charge is -2.06. The summed E-state index contributed by atoms with van der Waals surface area (Å²) in [6, 6.07) is 2.03. The Labute approximate surface area is 73.1 Å². The summed E-state index contributed by atoms with van der Waals surface area (Å²) in [6.45, 7) is 0. The number of hydrogen-bond donors (Lipinski definition) is 0. The van der Waals surface area contributed by atoms with Gasteiger partial charge in [0.2, 0.25) is 0 Å². The maximum atomic E-state index is 8.52. The number of rotatable bonds is 0. The van der Waals surface area contributed by atoms with E-state index in [1.54, 1.807) is 6.08 Å². The second kappa shape index (κ2) is 3.23. The van der Waals surface area contributed by atoms with Crippen LogP contribution in [0.1, 0.15) is 12.8 Å². The van der Waals surface area contributed by atoms with E-state index in [2.05, 4.69) is 15.9 Å². The molecule has 1 rings (SSSR count). The Bertz CT molecular complexity index is 247. The average molecular weight is 218 g/mol. The Morgan fingerprint density at radius 2 is 2.30 bits per heavy atom. The topological polar surface area (TPSA) is 23.8 Å². The first-order valence-electron chi connectivity index (χ1n) is 2.89. The van der Waals surface area contributed by atoms with Crippen LogP contribution in [0.15, 0.2) is 21.2 Å². The highest BCUT2D eigenvalue weighted by atomic mass is 79.9. The molecule has 0 aromatic rings. The van der Waals surface area contributed by atoms with Crippen molar-refractivity contribution in [2.75, 3.05) is 0 Å². The first kappa shape index (κ1) is 7.84. The highest BCUT2D eigenvalue weighted by Gasteiger charge is 2.08. The van der Waals surface area contributed by atoms with E-state index in [4.69, 9.17) is 16.9 Å². The highest BCUT2D eigenvalue weighted by molar-refractivity contribution is 9.11. The van der Waals surface area contributed by atoms with Crippen LogP contribution >= 0.6 is 27.5 Å². The fraction of sp³-hybridized carbons (Fsp3) is 0.286. The van der Waals surface area contributed by atoms with Crippen LogP contribution in [0.25, 0.3) is 0 Å². The minimum absolute atomic E-state index is 0.583. The smallest absolute Gasteiger partial charge is 0.100 e. The summed E-state index contributed by atoms with van der Waals surface area (Å²) in [4.78, 5) is 0. The molecule has 10 heavy (non-hydrogen) atoms. The number of halogens is 2. The van der Waals surface area contributed by atoms with Crippen molar-refractivity contribution in [2.45, 2.75) is 12.8 Å². The van der Waals surface area contributed by atoms with Gasteiger partial charge >= 0.3 is 0 Å². The van der Waals surface area contributed by atoms with Crippen molar-refractivity contribution < 1.29 is 0 Å². The van der Waals surface area contributed by atoms with Crippen molar-refractivity contribution in [2.24, 2.45) is 0 Å². The van der Waals surface area contributed by atoms with Gasteiger partial charge in [0.15, 0.2) is 0 Å². The third-order valence-corrected chi connectivity index (χ3v) is 2.31. The van der Waals surface area contributed by atoms with E-state index in [9.17, 15) is 0 Å². The summed E-state index contributed by atoms with van der Waals surface area (Å²) in [7, 11) is 0. The third-order valence-electron chi connectivity index (χ3n) is 1.30. The quantitative estimate of drug-likeness (QED) is 0.613. The minimum Gasteiger partial charge on any atom is -0.192 e. The van der Waals surface area contributed by atoms with Crippen LogP contribution in [-0.4, -0.2) is 0 Å². The van der Waals surface area contributed by atoms with E-state index in [1.807, 2.05) is 6.07 Å². The predicted octanol–water partition coefficient (Wildman–Crippen LogP) is 3.08. The molecule has 0 heterocycles. The van der Waals surface area contributed by atoms with Crippen LogP contribution in [0, 0.1) is 11.3 Å². The van der Waals surface area contributed by atoms with Crippen molar-refractivity contribution in [1.82, 2.24) is 0 Å². The first-order chi connectivity index (χ1) is 4.74. The van der Waals surface area contributed by atoms with Crippen LogP contribution in [0.4, 0.5) is 0 Å². The third kappa shape index (κ3) is 1.62. The molecule has 0 spiro atoms. The molecule has 0 atom stereocenters. The molecule has 0 unspecified atom stereocenters. The van der Waals surface area contributed by atoms with Gasteiger partial charge in [-0.25, -0.2) is 0 Å². The standard InChI is InChI=1S/C7H5BrClN/c8-6-1-2-7(9)5(3-6)4-10/h3H,1-2H2. The summed E-state index contributed by atoms with van der Waals surface area (Å²) in [5, 5.41) is 9.19. The van der Waals surface area contributed by atoms with Gasteiger partial charge in [0.05, 0.1) is 5.57 Å². The molecular formula is C7H5BrClN. The predicted molar refractivity (Wildman–Crippen MR) is 44.7 cm³/mol. The molecule has 0 N–H and O–H groups in total. The van der Waals surface area contributed by atoms with Gasteiger partial charge in [0.25, 0.3) is 0 Å². The molecule has 0 fully saturated rings. The van der Waals surface area contributed by atoms with Gasteiger partial charge in [0, 0.05) is 5.03 Å². The van der Waals surface area contributed by atoms with E-state index >= 15 is 0 Å². The molecule has 0 aliphatic heterocycles. The fourth-order valence-electron chi connectivity index (χ4n) is 0.764. The molecule has 0 bridgehead atoms. The zero-order valence-corrected chi connectivity index (χ0v) is 7.54. The Hall–Kier alpha value is -0.260. The molecule has 0 aromatic carbocycles. The van der Waals surface area contributed by atoms with Crippen LogP contribution in [0.2, 0.25) is 0 Å². The van der Waals surface area contributed by atoms with E-state index in [0.717, 1.165) is 17.3 Å². The molecule has 0 saturated heterocycles. The van der Waals surface area contributed by atoms with Gasteiger partial charge in [-0.05, 0) is 23.4 Å². The lowest BCUT2D eigenvalue weighted by atomic mass is 10.1. The van der Waals surface area contributed by atoms with Gasteiger partial charge in [-0.15, -0.1) is 0 Å². The summed E-state index contributed by atoms with van der Waals surface area (Å²) in [5.41, 5.74) is 0.583. The molecule has 0 radical (unpaired) electrons. The van der Waals surface area contributed by atoms with Gasteiger partial charge < -0.3 is 0 Å². The largest absolute Gasteiger partial charge is 0.192 e. The van der Waals surface area contributed by atoms with Crippen molar-refractivity contribution >= 4 is 27.5 Å². The van der Waals surface area contributed by atoms with E-state index in [1.165, 1.54) is 0 Å². The Balaban J connectivity index is 2.95. The minimum atomic E-state index is 0.583. The highest BCUT2D eigenvalue weighted by Crippen LogP contribution is 2.28. The summed E-state index contributed by atoms with van der Waals surface area (Å²) >= 11 is 9.05. The summed E-state index contributed by atoms with van der Waals surface area (Å²) in [6.07, 6.45) is 3.46. The van der Waals surface area contributed by atoms with Crippen molar-refractivity contribution in [1.29, 1.82) is 5.26 Å². The lowest BCUT2D eigenvalue weighted by molar-refractivity contribution is 0.995. The van der Waals surface area contributed by atoms with Crippen LogP contribution in [0.3, 0.4) is 0 Å². The summed E-state index contributed by atoms with van der Waals surface area (Å²) < 4.78 is 1.05. The number of hydrogen-bond acceptors (Lipinski definition) is 1. The molecule has 0 amide bonds. The first-order valence-corrected chi connectivity index (χ1v) is 4.06. The van der Waals surface area contributed by atoms with Gasteiger partial charge in [0.1, 0.15) is 6.07 Å². The Morgan fingerprint density at radius 3 is 2.80 bits per heavy atom. The van der Waals surface area contributed by atoms with E-state index in [-0.39, 0.29) is 0 Å². The van der Waals surface area contributed by atoms with Crippen LogP contribution in [0.5, 0.6) is 0 Å². The monoisotopic (exact) mass is 217 g/mol.